The molecule has 0 aliphatic heterocycles. The number of hydrogen-bond acceptors (Lipinski definition) is 3. The first-order valence-corrected chi connectivity index (χ1v) is 5.97. The Kier molecular flexibility index (Phi) is 5.21. The fourth-order valence-electron chi connectivity index (χ4n) is 1.72. The summed E-state index contributed by atoms with van der Waals surface area (Å²) in [6.45, 7) is 1.94. The average Bonchev–Trinajstić information content (AvgIpc) is 2.20. The number of urea groups is 1. The summed E-state index contributed by atoms with van der Waals surface area (Å²) in [5, 5.41) is 20.0. The molecule has 0 unspecified atom stereocenters. The van der Waals surface area contributed by atoms with Gasteiger partial charge in [-0.05, 0) is 32.6 Å². The van der Waals surface area contributed by atoms with E-state index < -0.39 is 12.0 Å². The van der Waals surface area contributed by atoms with Crippen LogP contribution in [-0.4, -0.2) is 52.3 Å². The summed E-state index contributed by atoms with van der Waals surface area (Å²) in [6.07, 6.45) is 3.54. The number of amides is 2. The van der Waals surface area contributed by atoms with Crippen molar-refractivity contribution in [3.8, 4) is 0 Å². The highest BCUT2D eigenvalue weighted by atomic mass is 16.4. The molecular formula is C11H20N2O4. The molecule has 6 heteroatoms. The number of aliphatic carboxylic acids is 1. The van der Waals surface area contributed by atoms with Crippen molar-refractivity contribution in [1.29, 1.82) is 0 Å². The Labute approximate surface area is 101 Å². The fraction of sp³-hybridized carbons (Fsp3) is 0.818. The monoisotopic (exact) mass is 244 g/mol. The molecule has 0 aromatic carbocycles. The van der Waals surface area contributed by atoms with Gasteiger partial charge in [-0.3, -0.25) is 4.79 Å². The first-order chi connectivity index (χ1) is 8.06. The summed E-state index contributed by atoms with van der Waals surface area (Å²) >= 11 is 0. The zero-order chi connectivity index (χ0) is 12.8. The second-order valence-corrected chi connectivity index (χ2v) is 4.36. The van der Waals surface area contributed by atoms with Crippen molar-refractivity contribution >= 4 is 12.0 Å². The molecule has 3 N–H and O–H groups in total. The molecule has 1 rings (SSSR count). The molecule has 1 atom stereocenters. The van der Waals surface area contributed by atoms with Gasteiger partial charge in [-0.2, -0.15) is 0 Å². The van der Waals surface area contributed by atoms with Crippen LogP contribution in [0.4, 0.5) is 4.79 Å². The van der Waals surface area contributed by atoms with Crippen LogP contribution in [0.5, 0.6) is 0 Å². The molecular weight excluding hydrogens is 224 g/mol. The van der Waals surface area contributed by atoms with Gasteiger partial charge in [-0.15, -0.1) is 0 Å². The van der Waals surface area contributed by atoms with Crippen molar-refractivity contribution in [2.45, 2.75) is 44.7 Å². The Bertz CT molecular complexity index is 279. The first-order valence-electron chi connectivity index (χ1n) is 5.97. The summed E-state index contributed by atoms with van der Waals surface area (Å²) in [6, 6.07) is -1.04. The van der Waals surface area contributed by atoms with Gasteiger partial charge in [-0.25, -0.2) is 4.79 Å². The number of carbonyl (C=O) groups is 2. The minimum atomic E-state index is -1.05. The number of rotatable bonds is 6. The van der Waals surface area contributed by atoms with Crippen LogP contribution in [0, 0.1) is 0 Å². The molecule has 1 fully saturated rings. The minimum Gasteiger partial charge on any atom is -0.480 e. The summed E-state index contributed by atoms with van der Waals surface area (Å²) in [7, 11) is 0. The molecule has 0 aromatic rings. The highest BCUT2D eigenvalue weighted by molar-refractivity contribution is 5.82. The van der Waals surface area contributed by atoms with E-state index in [1.165, 1.54) is 6.92 Å². The van der Waals surface area contributed by atoms with Gasteiger partial charge in [0.05, 0.1) is 0 Å². The molecule has 0 heterocycles. The van der Waals surface area contributed by atoms with E-state index in [1.54, 1.807) is 4.90 Å². The van der Waals surface area contributed by atoms with Crippen LogP contribution >= 0.6 is 0 Å². The highest BCUT2D eigenvalue weighted by Crippen LogP contribution is 2.24. The fourth-order valence-corrected chi connectivity index (χ4v) is 1.72. The lowest BCUT2D eigenvalue weighted by Crippen LogP contribution is -2.52. The number of aliphatic hydroxyl groups excluding tert-OH is 1. The van der Waals surface area contributed by atoms with E-state index in [1.807, 2.05) is 0 Å². The molecule has 2 amide bonds. The Morgan fingerprint density at radius 2 is 2.12 bits per heavy atom. The highest BCUT2D eigenvalue weighted by Gasteiger charge is 2.29. The predicted molar refractivity (Wildman–Crippen MR) is 61.7 cm³/mol. The third kappa shape index (κ3) is 3.89. The van der Waals surface area contributed by atoms with Crippen LogP contribution < -0.4 is 5.32 Å². The summed E-state index contributed by atoms with van der Waals surface area (Å²) in [4.78, 5) is 24.2. The van der Waals surface area contributed by atoms with E-state index in [-0.39, 0.29) is 18.7 Å². The zero-order valence-electron chi connectivity index (χ0n) is 10.1. The number of nitrogens with zero attached hydrogens (tertiary/aromatic N) is 1. The van der Waals surface area contributed by atoms with Crippen LogP contribution in [0.25, 0.3) is 0 Å². The van der Waals surface area contributed by atoms with Gasteiger partial charge >= 0.3 is 12.0 Å². The van der Waals surface area contributed by atoms with Crippen LogP contribution in [0.3, 0.4) is 0 Å². The molecule has 1 aliphatic carbocycles. The summed E-state index contributed by atoms with van der Waals surface area (Å²) in [5.74, 6) is -1.05. The third-order valence-corrected chi connectivity index (χ3v) is 3.04. The van der Waals surface area contributed by atoms with Gasteiger partial charge < -0.3 is 20.4 Å². The van der Waals surface area contributed by atoms with Crippen molar-refractivity contribution in [2.24, 2.45) is 0 Å². The second kappa shape index (κ2) is 6.44. The normalized spacial score (nSPS) is 17.1. The number of aliphatic hydroxyl groups is 1. The van der Waals surface area contributed by atoms with Gasteiger partial charge in [0.1, 0.15) is 6.04 Å². The number of nitrogens with one attached hydrogen (secondary N) is 1. The Morgan fingerprint density at radius 1 is 1.47 bits per heavy atom. The maximum absolute atomic E-state index is 11.9. The number of carbonyl (C=O) groups excluding carboxylic acids is 1. The largest absolute Gasteiger partial charge is 0.480 e. The molecule has 17 heavy (non-hydrogen) atoms. The lowest BCUT2D eigenvalue weighted by molar-refractivity contribution is -0.138. The number of carboxylic acid groups (broad SMARTS) is 1. The SMILES string of the molecule is C[C@@H](NC(=O)N(CCCO)C1CCC1)C(=O)O. The van der Waals surface area contributed by atoms with Crippen LogP contribution in [-0.2, 0) is 4.79 Å². The van der Waals surface area contributed by atoms with Crippen LogP contribution in [0.15, 0.2) is 0 Å². The molecule has 6 nitrogen and oxygen atoms in total. The van der Waals surface area contributed by atoms with E-state index in [4.69, 9.17) is 10.2 Å². The van der Waals surface area contributed by atoms with E-state index in [9.17, 15) is 9.59 Å². The average molecular weight is 244 g/mol. The molecule has 0 bridgehead atoms. The Balaban J connectivity index is 2.49. The number of carboxylic acids is 1. The molecule has 98 valence electrons. The Morgan fingerprint density at radius 3 is 2.53 bits per heavy atom. The van der Waals surface area contributed by atoms with Gasteiger partial charge in [0.15, 0.2) is 0 Å². The quantitative estimate of drug-likeness (QED) is 0.631. The maximum Gasteiger partial charge on any atom is 0.325 e. The van der Waals surface area contributed by atoms with Gasteiger partial charge in [-0.1, -0.05) is 0 Å². The van der Waals surface area contributed by atoms with Gasteiger partial charge in [0, 0.05) is 19.2 Å². The molecule has 0 radical (unpaired) electrons. The summed E-state index contributed by atoms with van der Waals surface area (Å²) in [5.41, 5.74) is 0. The molecule has 0 spiro atoms. The minimum absolute atomic E-state index is 0.0327. The lowest BCUT2D eigenvalue weighted by Gasteiger charge is -2.37. The van der Waals surface area contributed by atoms with Crippen LogP contribution in [0.2, 0.25) is 0 Å². The second-order valence-electron chi connectivity index (χ2n) is 4.36. The van der Waals surface area contributed by atoms with E-state index >= 15 is 0 Å². The Hall–Kier alpha value is -1.30. The van der Waals surface area contributed by atoms with Gasteiger partial charge in [0.25, 0.3) is 0 Å². The predicted octanol–water partition coefficient (Wildman–Crippen LogP) is 0.406. The van der Waals surface area contributed by atoms with Gasteiger partial charge in [0.2, 0.25) is 0 Å². The van der Waals surface area contributed by atoms with Crippen molar-refractivity contribution in [1.82, 2.24) is 10.2 Å². The maximum atomic E-state index is 11.9. The van der Waals surface area contributed by atoms with Crippen molar-refractivity contribution in [3.63, 3.8) is 0 Å². The molecule has 1 saturated carbocycles. The smallest absolute Gasteiger partial charge is 0.325 e. The number of hydrogen-bond donors (Lipinski definition) is 3. The molecule has 1 aliphatic rings. The zero-order valence-corrected chi connectivity index (χ0v) is 10.1. The van der Waals surface area contributed by atoms with Crippen LogP contribution in [0.1, 0.15) is 32.6 Å². The first kappa shape index (κ1) is 13.8. The van der Waals surface area contributed by atoms with E-state index in [0.717, 1.165) is 19.3 Å². The van der Waals surface area contributed by atoms with E-state index in [2.05, 4.69) is 5.32 Å². The molecule has 0 aromatic heterocycles. The topological polar surface area (TPSA) is 89.9 Å². The molecule has 0 saturated heterocycles. The standard InChI is InChI=1S/C11H20N2O4/c1-8(10(15)16)12-11(17)13(6-3-7-14)9-4-2-5-9/h8-9,14H,2-7H2,1H3,(H,12,17)(H,15,16)/t8-/m1/s1. The third-order valence-electron chi connectivity index (χ3n) is 3.04. The summed E-state index contributed by atoms with van der Waals surface area (Å²) < 4.78 is 0. The van der Waals surface area contributed by atoms with Crippen molar-refractivity contribution < 1.29 is 19.8 Å². The van der Waals surface area contributed by atoms with Crippen molar-refractivity contribution in [2.75, 3.05) is 13.2 Å². The van der Waals surface area contributed by atoms with Crippen molar-refractivity contribution in [3.05, 3.63) is 0 Å². The van der Waals surface area contributed by atoms with E-state index in [0.29, 0.717) is 13.0 Å². The lowest BCUT2D eigenvalue weighted by atomic mass is 9.91.